The number of nitrogens with zero attached hydrogens (tertiary/aromatic N) is 10. The quantitative estimate of drug-likeness (QED) is 0.0126. The molecule has 0 bridgehead atoms. The van der Waals surface area contributed by atoms with Crippen LogP contribution in [-0.4, -0.2) is 191 Å². The van der Waals surface area contributed by atoms with Crippen molar-refractivity contribution in [2.75, 3.05) is 40.0 Å². The fraction of sp³-hybridized carbons (Fsp3) is 0.422. The topological polar surface area (TPSA) is 440 Å². The van der Waals surface area contributed by atoms with Gasteiger partial charge in [-0.05, 0) is 115 Å². The number of hydrogen-bond acceptors (Lipinski definition) is 25. The molecule has 4 aromatic heterocycles. The number of hydrogen-bond donors (Lipinski definition) is 6. The van der Waals surface area contributed by atoms with Gasteiger partial charge in [0.25, 0.3) is 41.4 Å². The van der Waals surface area contributed by atoms with Crippen LogP contribution in [0.4, 0.5) is 0 Å². The number of carboxylic acid groups (broad SMARTS) is 1. The second-order valence-electron chi connectivity index (χ2n) is 30.3. The zero-order valence-corrected chi connectivity index (χ0v) is 72.4. The molecule has 4 aromatic carbocycles. The van der Waals surface area contributed by atoms with E-state index in [1.807, 2.05) is 35.1 Å². The zero-order chi connectivity index (χ0) is 88.7. The Morgan fingerprint density at radius 3 is 1.30 bits per heavy atom. The average Bonchev–Trinajstić information content (AvgIpc) is 1.59. The lowest BCUT2D eigenvalue weighted by Crippen LogP contribution is -2.54. The molecular formula is C90H105Cl2N15O18S2. The number of Topliss-reactive ketones (excluding diaryl/α,β-unsaturated/α-hetero) is 1. The van der Waals surface area contributed by atoms with Crippen LogP contribution in [0.2, 0.25) is 10.0 Å². The summed E-state index contributed by atoms with van der Waals surface area (Å²) >= 11 is 15.1. The number of ether oxygens (including phenoxy) is 3. The molecule has 0 radical (unpaired) electrons. The molecule has 10 heterocycles. The smallest absolute Gasteiger partial charge is 0.337 e. The number of unbranched alkanes of at least 4 members (excludes halogenated alkanes) is 11. The van der Waals surface area contributed by atoms with Gasteiger partial charge in [-0.15, -0.1) is 43.1 Å². The summed E-state index contributed by atoms with van der Waals surface area (Å²) < 4.78 is 19.9. The number of benzene rings is 4. The summed E-state index contributed by atoms with van der Waals surface area (Å²) in [4.78, 5) is 188. The van der Waals surface area contributed by atoms with Gasteiger partial charge in [0.15, 0.2) is 24.9 Å². The van der Waals surface area contributed by atoms with Gasteiger partial charge in [-0.3, -0.25) is 102 Å². The van der Waals surface area contributed by atoms with Crippen LogP contribution in [0.15, 0.2) is 94.9 Å². The van der Waals surface area contributed by atoms with Crippen LogP contribution in [0.1, 0.15) is 288 Å². The Labute approximate surface area is 753 Å². The number of amides is 11. The van der Waals surface area contributed by atoms with Crippen molar-refractivity contribution < 1.29 is 86.4 Å². The van der Waals surface area contributed by atoms with Gasteiger partial charge in [0.05, 0.1) is 63.9 Å². The molecule has 6 aliphatic rings. The fourth-order valence-electron chi connectivity index (χ4n) is 15.4. The van der Waals surface area contributed by atoms with E-state index in [2.05, 4.69) is 53.9 Å². The van der Waals surface area contributed by atoms with Crippen molar-refractivity contribution in [2.45, 2.75) is 210 Å². The van der Waals surface area contributed by atoms with E-state index in [0.717, 1.165) is 88.6 Å². The number of carbonyl (C=O) groups excluding carboxylic acids is 13. The largest absolute Gasteiger partial charge is 0.483 e. The lowest BCUT2D eigenvalue weighted by molar-refractivity contribution is -0.141. The lowest BCUT2D eigenvalue weighted by Gasteiger charge is -2.27. The van der Waals surface area contributed by atoms with Crippen LogP contribution in [0.25, 0.3) is 10.0 Å². The summed E-state index contributed by atoms with van der Waals surface area (Å²) in [5.74, 6) is -4.97. The maximum absolute atomic E-state index is 14.0. The van der Waals surface area contributed by atoms with E-state index in [9.17, 15) is 72.2 Å². The molecule has 33 nitrogen and oxygen atoms in total. The Bertz CT molecular complexity index is 5600. The maximum Gasteiger partial charge on any atom is 0.337 e. The van der Waals surface area contributed by atoms with Gasteiger partial charge in [0.2, 0.25) is 23.6 Å². The van der Waals surface area contributed by atoms with E-state index >= 15 is 0 Å². The molecule has 14 rings (SSSR count). The number of thiophene rings is 2. The average molecular weight is 1820 g/mol. The molecule has 6 aliphatic heterocycles. The first kappa shape index (κ1) is 98.5. The molecule has 4 atom stereocenters. The second-order valence-corrected chi connectivity index (χ2v) is 33.6. The predicted molar refractivity (Wildman–Crippen MR) is 477 cm³/mol. The lowest BCUT2D eigenvalue weighted by atomic mass is 9.98. The van der Waals surface area contributed by atoms with E-state index in [1.54, 1.807) is 56.3 Å². The number of rotatable bonds is 33. The number of piperidine rings is 2. The third-order valence-electron chi connectivity index (χ3n) is 21.5. The van der Waals surface area contributed by atoms with Crippen molar-refractivity contribution in [3.63, 3.8) is 0 Å². The van der Waals surface area contributed by atoms with E-state index in [0.29, 0.717) is 91.0 Å². The van der Waals surface area contributed by atoms with E-state index < -0.39 is 83.4 Å². The van der Waals surface area contributed by atoms with Gasteiger partial charge in [0, 0.05) is 75.4 Å². The molecular weight excluding hydrogens is 1710 g/mol. The van der Waals surface area contributed by atoms with Crippen molar-refractivity contribution >= 4 is 140 Å². The highest BCUT2D eigenvalue weighted by molar-refractivity contribution is 7.15. The molecule has 6 N–H and O–H groups in total. The highest BCUT2D eigenvalue weighted by Crippen LogP contribution is 2.44. The Balaban J connectivity index is 0.000000236. The maximum atomic E-state index is 14.0. The highest BCUT2D eigenvalue weighted by atomic mass is 35.5. The first-order valence-electron chi connectivity index (χ1n) is 40.9. The number of fused-ring (bicyclic) bond motifs is 8. The van der Waals surface area contributed by atoms with Crippen molar-refractivity contribution in [2.24, 2.45) is 9.98 Å². The minimum atomic E-state index is -1.10. The SMILES string of the molecule is C.C.C.CC(=O)C[C@H]1N=C(c2ccc(Cl)cc2)c2c(sc(C)c2C(=O)O)-n2c(C)nnc21.CCCCCCCCCNC(=O)COc1cccc2c1C(=O)N(C1CCC(=O)NC1=O)C2=O.COC(=O)C[C@@H]1N=C(c2ccc(Cl)cc2)c2c(sc(C)c2C(=O)NCCCCCCCCNC(=O)COc2cccc3c2C(=O)N(C2CCC(=O)NC2=O)C3=O)-n2c(C)nnc21. The Kier molecular flexibility index (Phi) is 34.6. The highest BCUT2D eigenvalue weighted by Gasteiger charge is 2.48. The normalized spacial score (nSPS) is 16.3. The van der Waals surface area contributed by atoms with E-state index in [1.165, 1.54) is 92.7 Å². The van der Waals surface area contributed by atoms with Crippen LogP contribution in [-0.2, 0) is 43.1 Å². The second kappa shape index (κ2) is 44.7. The van der Waals surface area contributed by atoms with Crippen LogP contribution in [0.5, 0.6) is 11.5 Å². The number of aryl methyl sites for hydroxylation is 4. The third kappa shape index (κ3) is 22.6. The van der Waals surface area contributed by atoms with E-state index in [-0.39, 0.29) is 137 Å². The number of esters is 1. The fourth-order valence-corrected chi connectivity index (χ4v) is 18.1. The van der Waals surface area contributed by atoms with Crippen LogP contribution in [0.3, 0.4) is 0 Å². The number of carboxylic acids is 1. The molecule has 2 fully saturated rings. The number of aliphatic imine (C=N–C) groups is 2. The van der Waals surface area contributed by atoms with Gasteiger partial charge in [0.1, 0.15) is 63.1 Å². The van der Waals surface area contributed by atoms with Crippen LogP contribution in [0, 0.1) is 27.7 Å². The predicted octanol–water partition coefficient (Wildman–Crippen LogP) is 13.1. The minimum Gasteiger partial charge on any atom is -0.483 e. The van der Waals surface area contributed by atoms with Gasteiger partial charge in [-0.2, -0.15) is 0 Å². The first-order chi connectivity index (χ1) is 59.6. The Morgan fingerprint density at radius 1 is 0.504 bits per heavy atom. The number of carbonyl (C=O) groups is 14. The molecule has 0 saturated carbocycles. The van der Waals surface area contributed by atoms with Gasteiger partial charge >= 0.3 is 11.9 Å². The van der Waals surface area contributed by atoms with E-state index in [4.69, 9.17) is 47.4 Å². The summed E-state index contributed by atoms with van der Waals surface area (Å²) in [5.41, 5.74) is 4.55. The first-order valence-corrected chi connectivity index (χ1v) is 43.3. The summed E-state index contributed by atoms with van der Waals surface area (Å²) in [6, 6.07) is 19.9. The van der Waals surface area contributed by atoms with Crippen molar-refractivity contribution in [3.05, 3.63) is 184 Å². The molecule has 2 saturated heterocycles. The number of aromatic carboxylic acids is 1. The summed E-state index contributed by atoms with van der Waals surface area (Å²) in [5, 5.41) is 42.6. The monoisotopic (exact) mass is 1820 g/mol. The molecule has 127 heavy (non-hydrogen) atoms. The number of ketones is 1. The molecule has 0 spiro atoms. The molecule has 37 heteroatoms. The zero-order valence-electron chi connectivity index (χ0n) is 69.3. The van der Waals surface area contributed by atoms with Gasteiger partial charge in [-0.25, -0.2) is 4.79 Å². The Morgan fingerprint density at radius 2 is 0.898 bits per heavy atom. The third-order valence-corrected chi connectivity index (χ3v) is 24.2. The summed E-state index contributed by atoms with van der Waals surface area (Å²) in [7, 11) is 1.32. The molecule has 11 amide bonds. The van der Waals surface area contributed by atoms with Gasteiger partial charge in [-0.1, -0.05) is 153 Å². The summed E-state index contributed by atoms with van der Waals surface area (Å²) in [6.07, 6.45) is 13.4. The van der Waals surface area contributed by atoms with Crippen molar-refractivity contribution in [1.29, 1.82) is 0 Å². The number of imide groups is 4. The van der Waals surface area contributed by atoms with Crippen molar-refractivity contribution in [1.82, 2.24) is 65.9 Å². The minimum absolute atomic E-state index is 0. The molecule has 8 aromatic rings. The summed E-state index contributed by atoms with van der Waals surface area (Å²) in [6.45, 7) is 11.8. The molecule has 674 valence electrons. The van der Waals surface area contributed by atoms with Gasteiger partial charge < -0.3 is 35.3 Å². The standard InChI is InChI=1S/C43H45ClN8O9S.C24H31N3O6.C20H17ClN4O3S.3CH4/c1-23-34(36-37(25-13-15-26(44)16-14-25)47-28(21-33(55)60-3)38-50-49-24(2)51(38)43(36)62-23)40(57)46-20-9-7-5-4-6-8-19-45-32(54)22-61-30-12-10-11-27-35(30)42(59)52(41(27)58)29-17-18-31(53)48-39(29)56;1-2-3-4-5-6-7-8-14-25-20(29)15-33-18-11-9-10-16-21(18)24(32)27(23(16)31)17-12-13-19(28)26-22(17)30;1-9(26)8-14-18-24-23-11(3)25(18)19-16(15(20(27)28)10(2)29-19)17(22-14)12-4-6-13(21)7-5-12;;;/h10-16,28-29H,4-9,17-22H2,1-3H3,(H,45,54)(H,46,57)(H,48,53,56);9-11,17H,2-8,12-15H2,1H3,(H,25,29)(H,26,28,30);4-7,14H,8H2,1-3H3,(H,27,28);3*1H4/t28-,29?;;14-;;;/m0.1.../s1. The molecule has 2 unspecified atom stereocenters. The van der Waals surface area contributed by atoms with Crippen LogP contribution >= 0.6 is 45.9 Å². The number of aromatic nitrogens is 6. The molecule has 0 aliphatic carbocycles. The Hall–Kier alpha value is -12.3. The van der Waals surface area contributed by atoms with Crippen molar-refractivity contribution in [3.8, 4) is 21.5 Å². The number of nitrogens with one attached hydrogen (secondary N) is 5. The number of halogens is 2. The van der Waals surface area contributed by atoms with Crippen LogP contribution < -0.4 is 36.1 Å². The number of methoxy groups -OCH3 is 1.